The van der Waals surface area contributed by atoms with Crippen LogP contribution in [0.3, 0.4) is 0 Å². The normalized spacial score (nSPS) is 32.7. The SMILES string of the molecule is O=CC1(CN2CCCN3CCCC3C2)CCCCC1. The maximum Gasteiger partial charge on any atom is 0.127 e. The summed E-state index contributed by atoms with van der Waals surface area (Å²) in [5.74, 6) is 0. The Morgan fingerprint density at radius 1 is 1.00 bits per heavy atom. The Morgan fingerprint density at radius 2 is 1.79 bits per heavy atom. The van der Waals surface area contributed by atoms with Crippen LogP contribution in [0.4, 0.5) is 0 Å². The van der Waals surface area contributed by atoms with Crippen molar-refractivity contribution < 1.29 is 4.79 Å². The van der Waals surface area contributed by atoms with Crippen LogP contribution in [-0.2, 0) is 4.79 Å². The van der Waals surface area contributed by atoms with Gasteiger partial charge in [-0.1, -0.05) is 19.3 Å². The average molecular weight is 264 g/mol. The Bertz CT molecular complexity index is 312. The highest BCUT2D eigenvalue weighted by Crippen LogP contribution is 2.36. The summed E-state index contributed by atoms with van der Waals surface area (Å²) in [6, 6.07) is 0.773. The summed E-state index contributed by atoms with van der Waals surface area (Å²) in [6.07, 6.45) is 11.4. The van der Waals surface area contributed by atoms with Crippen molar-refractivity contribution >= 4 is 6.29 Å². The van der Waals surface area contributed by atoms with E-state index in [-0.39, 0.29) is 5.41 Å². The van der Waals surface area contributed by atoms with Crippen LogP contribution in [0.5, 0.6) is 0 Å². The Kier molecular flexibility index (Phi) is 4.23. The number of hydrogen-bond acceptors (Lipinski definition) is 3. The minimum Gasteiger partial charge on any atom is -0.303 e. The van der Waals surface area contributed by atoms with Crippen molar-refractivity contribution in [3.63, 3.8) is 0 Å². The zero-order valence-electron chi connectivity index (χ0n) is 12.1. The molecule has 3 rings (SSSR count). The van der Waals surface area contributed by atoms with E-state index in [0.29, 0.717) is 0 Å². The van der Waals surface area contributed by atoms with Crippen LogP contribution in [0.1, 0.15) is 51.4 Å². The van der Waals surface area contributed by atoms with Crippen LogP contribution in [0.2, 0.25) is 0 Å². The summed E-state index contributed by atoms with van der Waals surface area (Å²) in [7, 11) is 0. The molecule has 0 radical (unpaired) electrons. The van der Waals surface area contributed by atoms with Gasteiger partial charge in [0, 0.05) is 24.5 Å². The Hall–Kier alpha value is -0.410. The van der Waals surface area contributed by atoms with Crippen LogP contribution in [0, 0.1) is 5.41 Å². The second-order valence-electron chi connectivity index (χ2n) is 6.96. The number of fused-ring (bicyclic) bond motifs is 1. The van der Waals surface area contributed by atoms with Gasteiger partial charge in [0.2, 0.25) is 0 Å². The molecule has 0 spiro atoms. The molecule has 108 valence electrons. The topological polar surface area (TPSA) is 23.6 Å². The molecule has 2 heterocycles. The van der Waals surface area contributed by atoms with Gasteiger partial charge in [0.25, 0.3) is 0 Å². The first-order chi connectivity index (χ1) is 9.31. The highest BCUT2D eigenvalue weighted by Gasteiger charge is 2.36. The molecule has 0 aromatic carbocycles. The number of hydrogen-bond donors (Lipinski definition) is 0. The van der Waals surface area contributed by atoms with Gasteiger partial charge in [0.05, 0.1) is 0 Å². The molecule has 1 saturated carbocycles. The molecule has 0 amide bonds. The maximum atomic E-state index is 11.6. The highest BCUT2D eigenvalue weighted by molar-refractivity contribution is 5.60. The molecule has 0 N–H and O–H groups in total. The summed E-state index contributed by atoms with van der Waals surface area (Å²) >= 11 is 0. The molecular formula is C16H28N2O. The molecule has 0 bridgehead atoms. The number of carbonyl (C=O) groups is 1. The van der Waals surface area contributed by atoms with Gasteiger partial charge in [-0.2, -0.15) is 0 Å². The first kappa shape index (κ1) is 13.6. The van der Waals surface area contributed by atoms with E-state index in [1.807, 2.05) is 0 Å². The number of carbonyl (C=O) groups excluding carboxylic acids is 1. The van der Waals surface area contributed by atoms with Gasteiger partial charge in [-0.3, -0.25) is 4.90 Å². The van der Waals surface area contributed by atoms with E-state index in [9.17, 15) is 4.79 Å². The second kappa shape index (κ2) is 5.92. The third-order valence-corrected chi connectivity index (χ3v) is 5.53. The van der Waals surface area contributed by atoms with Crippen LogP contribution in [-0.4, -0.2) is 54.9 Å². The zero-order valence-corrected chi connectivity index (χ0v) is 12.1. The Morgan fingerprint density at radius 3 is 2.58 bits per heavy atom. The molecule has 2 aliphatic heterocycles. The first-order valence-electron chi connectivity index (χ1n) is 8.24. The van der Waals surface area contributed by atoms with Crippen LogP contribution in [0.25, 0.3) is 0 Å². The fourth-order valence-electron chi connectivity index (χ4n) is 4.44. The molecule has 1 atom stereocenters. The fourth-order valence-corrected chi connectivity index (χ4v) is 4.44. The molecule has 1 aliphatic carbocycles. The van der Waals surface area contributed by atoms with Gasteiger partial charge < -0.3 is 9.69 Å². The molecule has 3 aliphatic rings. The van der Waals surface area contributed by atoms with Crippen molar-refractivity contribution in [2.24, 2.45) is 5.41 Å². The molecule has 3 fully saturated rings. The molecule has 0 aromatic heterocycles. The molecule has 0 aromatic rings. The number of rotatable bonds is 3. The standard InChI is InChI=1S/C16H28N2O/c19-14-16(7-2-1-3-8-16)13-17-9-5-11-18-10-4-6-15(18)12-17/h14-15H,1-13H2. The van der Waals surface area contributed by atoms with Crippen LogP contribution < -0.4 is 0 Å². The van der Waals surface area contributed by atoms with E-state index in [1.54, 1.807) is 0 Å². The van der Waals surface area contributed by atoms with Gasteiger partial charge in [0.1, 0.15) is 6.29 Å². The summed E-state index contributed by atoms with van der Waals surface area (Å²) in [5, 5.41) is 0. The Balaban J connectivity index is 1.62. The fraction of sp³-hybridized carbons (Fsp3) is 0.938. The summed E-state index contributed by atoms with van der Waals surface area (Å²) < 4.78 is 0. The third kappa shape index (κ3) is 3.03. The Labute approximate surface area is 117 Å². The third-order valence-electron chi connectivity index (χ3n) is 5.53. The lowest BCUT2D eigenvalue weighted by atomic mass is 9.75. The highest BCUT2D eigenvalue weighted by atomic mass is 16.1. The van der Waals surface area contributed by atoms with Gasteiger partial charge >= 0.3 is 0 Å². The number of aldehydes is 1. The second-order valence-corrected chi connectivity index (χ2v) is 6.96. The predicted molar refractivity (Wildman–Crippen MR) is 77.2 cm³/mol. The summed E-state index contributed by atoms with van der Waals surface area (Å²) in [6.45, 7) is 6.01. The lowest BCUT2D eigenvalue weighted by molar-refractivity contribution is -0.119. The van der Waals surface area contributed by atoms with Gasteiger partial charge in [0.15, 0.2) is 0 Å². The summed E-state index contributed by atoms with van der Waals surface area (Å²) in [5.41, 5.74) is -0.00791. The monoisotopic (exact) mass is 264 g/mol. The molecular weight excluding hydrogens is 236 g/mol. The van der Waals surface area contributed by atoms with Gasteiger partial charge in [-0.15, -0.1) is 0 Å². The molecule has 3 nitrogen and oxygen atoms in total. The van der Waals surface area contributed by atoms with E-state index in [4.69, 9.17) is 0 Å². The van der Waals surface area contributed by atoms with Crippen molar-refractivity contribution in [2.45, 2.75) is 57.4 Å². The van der Waals surface area contributed by atoms with Crippen molar-refractivity contribution in [3.8, 4) is 0 Å². The molecule has 1 unspecified atom stereocenters. The molecule has 2 saturated heterocycles. The quantitative estimate of drug-likeness (QED) is 0.731. The molecule has 19 heavy (non-hydrogen) atoms. The van der Waals surface area contributed by atoms with E-state index < -0.39 is 0 Å². The van der Waals surface area contributed by atoms with Crippen molar-refractivity contribution in [2.75, 3.05) is 32.7 Å². The average Bonchev–Trinajstić information content (AvgIpc) is 2.79. The largest absolute Gasteiger partial charge is 0.303 e. The first-order valence-corrected chi connectivity index (χ1v) is 8.24. The van der Waals surface area contributed by atoms with Crippen LogP contribution in [0.15, 0.2) is 0 Å². The van der Waals surface area contributed by atoms with E-state index in [2.05, 4.69) is 9.80 Å². The lowest BCUT2D eigenvalue weighted by Crippen LogP contribution is -2.44. The zero-order chi connectivity index (χ0) is 13.1. The lowest BCUT2D eigenvalue weighted by Gasteiger charge is -2.37. The smallest absolute Gasteiger partial charge is 0.127 e. The minimum atomic E-state index is -0.00791. The summed E-state index contributed by atoms with van der Waals surface area (Å²) in [4.78, 5) is 16.9. The van der Waals surface area contributed by atoms with Gasteiger partial charge in [-0.05, 0) is 51.7 Å². The van der Waals surface area contributed by atoms with Crippen LogP contribution >= 0.6 is 0 Å². The van der Waals surface area contributed by atoms with E-state index in [1.165, 1.54) is 71.0 Å². The van der Waals surface area contributed by atoms with Crippen molar-refractivity contribution in [3.05, 3.63) is 0 Å². The predicted octanol–water partition coefficient (Wildman–Crippen LogP) is 2.31. The molecule has 3 heteroatoms. The maximum absolute atomic E-state index is 11.6. The van der Waals surface area contributed by atoms with Crippen molar-refractivity contribution in [1.82, 2.24) is 9.80 Å². The van der Waals surface area contributed by atoms with E-state index in [0.717, 1.165) is 25.4 Å². The number of nitrogens with zero attached hydrogens (tertiary/aromatic N) is 2. The van der Waals surface area contributed by atoms with Crippen molar-refractivity contribution in [1.29, 1.82) is 0 Å². The minimum absolute atomic E-state index is 0.00791. The van der Waals surface area contributed by atoms with E-state index >= 15 is 0 Å². The van der Waals surface area contributed by atoms with Gasteiger partial charge in [-0.25, -0.2) is 0 Å².